The highest BCUT2D eigenvalue weighted by atomic mass is 16.6. The van der Waals surface area contributed by atoms with E-state index in [1.54, 1.807) is 19.9 Å². The Bertz CT molecular complexity index is 906. The monoisotopic (exact) mass is 342 g/mol. The summed E-state index contributed by atoms with van der Waals surface area (Å²) in [4.78, 5) is 39.8. The van der Waals surface area contributed by atoms with E-state index in [1.807, 2.05) is 0 Å². The molecular formula is C17H14N2O6. The molecule has 0 atom stereocenters. The molecule has 0 fully saturated rings. The van der Waals surface area contributed by atoms with Gasteiger partial charge in [-0.1, -0.05) is 12.1 Å². The first kappa shape index (κ1) is 16.6. The summed E-state index contributed by atoms with van der Waals surface area (Å²) in [5.41, 5.74) is 0.844. The second-order valence-electron chi connectivity index (χ2n) is 5.34. The molecular weight excluding hydrogens is 328 g/mol. The zero-order valence-corrected chi connectivity index (χ0v) is 13.6. The largest absolute Gasteiger partial charge is 0.462 e. The molecule has 0 saturated carbocycles. The van der Waals surface area contributed by atoms with Gasteiger partial charge in [-0.2, -0.15) is 0 Å². The molecule has 1 aromatic heterocycles. The number of benzene rings is 1. The number of esters is 2. The van der Waals surface area contributed by atoms with E-state index in [9.17, 15) is 19.7 Å². The molecule has 0 aliphatic carbocycles. The molecule has 0 saturated heterocycles. The fraction of sp³-hybridized carbons (Fsp3) is 0.235. The standard InChI is InChI=1S/C17H14N2O6/c1-3-24-16(20)13-9(2)18-11-8-25-17(21)15(11)14(13)10-6-4-5-7-12(10)19(22)23/h4-7H,3,8H2,1-2H3. The predicted octanol–water partition coefficient (Wildman–Crippen LogP) is 2.81. The van der Waals surface area contributed by atoms with Gasteiger partial charge in [0, 0.05) is 11.6 Å². The van der Waals surface area contributed by atoms with Crippen LogP contribution in [0.4, 0.5) is 5.69 Å². The lowest BCUT2D eigenvalue weighted by atomic mass is 9.92. The van der Waals surface area contributed by atoms with E-state index >= 15 is 0 Å². The first-order chi connectivity index (χ1) is 12.0. The van der Waals surface area contributed by atoms with Crippen LogP contribution in [0.5, 0.6) is 0 Å². The van der Waals surface area contributed by atoms with E-state index < -0.39 is 16.9 Å². The predicted molar refractivity (Wildman–Crippen MR) is 86.1 cm³/mol. The highest BCUT2D eigenvalue weighted by molar-refractivity contribution is 6.09. The summed E-state index contributed by atoms with van der Waals surface area (Å²) < 4.78 is 10.1. The van der Waals surface area contributed by atoms with Crippen LogP contribution in [0.2, 0.25) is 0 Å². The van der Waals surface area contributed by atoms with Gasteiger partial charge >= 0.3 is 11.9 Å². The molecule has 8 heteroatoms. The van der Waals surface area contributed by atoms with Crippen LogP contribution in [0.25, 0.3) is 11.1 Å². The van der Waals surface area contributed by atoms with Crippen LogP contribution in [0.1, 0.15) is 39.0 Å². The number of hydrogen-bond acceptors (Lipinski definition) is 7. The Morgan fingerprint density at radius 1 is 1.36 bits per heavy atom. The molecule has 2 heterocycles. The molecule has 1 aliphatic heterocycles. The minimum atomic E-state index is -0.692. The van der Waals surface area contributed by atoms with Crippen LogP contribution in [0.3, 0.4) is 0 Å². The molecule has 0 spiro atoms. The first-order valence-corrected chi connectivity index (χ1v) is 7.57. The smallest absolute Gasteiger partial charge is 0.341 e. The Hall–Kier alpha value is -3.29. The van der Waals surface area contributed by atoms with Crippen LogP contribution in [0, 0.1) is 17.0 Å². The third kappa shape index (κ3) is 2.71. The number of fused-ring (bicyclic) bond motifs is 1. The normalized spacial score (nSPS) is 12.5. The number of hydrogen-bond donors (Lipinski definition) is 0. The number of cyclic esters (lactones) is 1. The van der Waals surface area contributed by atoms with Gasteiger partial charge in [0.15, 0.2) is 0 Å². The maximum absolute atomic E-state index is 12.5. The molecule has 1 aromatic carbocycles. The van der Waals surface area contributed by atoms with Crippen LogP contribution < -0.4 is 0 Å². The van der Waals surface area contributed by atoms with Gasteiger partial charge in [-0.3, -0.25) is 15.1 Å². The molecule has 0 radical (unpaired) electrons. The van der Waals surface area contributed by atoms with Crippen molar-refractivity contribution in [3.05, 3.63) is 56.9 Å². The van der Waals surface area contributed by atoms with Gasteiger partial charge in [0.25, 0.3) is 5.69 Å². The molecule has 0 N–H and O–H groups in total. The van der Waals surface area contributed by atoms with Gasteiger partial charge in [0.2, 0.25) is 0 Å². The van der Waals surface area contributed by atoms with Gasteiger partial charge in [-0.25, -0.2) is 9.59 Å². The van der Waals surface area contributed by atoms with Crippen molar-refractivity contribution in [3.8, 4) is 11.1 Å². The molecule has 0 unspecified atom stereocenters. The highest BCUT2D eigenvalue weighted by Gasteiger charge is 2.35. The number of aromatic nitrogens is 1. The number of aryl methyl sites for hydroxylation is 1. The second-order valence-corrected chi connectivity index (χ2v) is 5.34. The minimum absolute atomic E-state index is 0.0359. The van der Waals surface area contributed by atoms with Crippen molar-refractivity contribution in [2.75, 3.05) is 6.61 Å². The molecule has 3 rings (SSSR count). The second kappa shape index (κ2) is 6.31. The Morgan fingerprint density at radius 3 is 2.76 bits per heavy atom. The van der Waals surface area contributed by atoms with Gasteiger partial charge in [0.05, 0.1) is 39.6 Å². The van der Waals surface area contributed by atoms with Gasteiger partial charge < -0.3 is 9.47 Å². The topological polar surface area (TPSA) is 109 Å². The quantitative estimate of drug-likeness (QED) is 0.477. The average molecular weight is 342 g/mol. The summed E-state index contributed by atoms with van der Waals surface area (Å²) in [6.07, 6.45) is 0. The number of carbonyl (C=O) groups is 2. The van der Waals surface area contributed by atoms with E-state index in [4.69, 9.17) is 9.47 Å². The number of nitro benzene ring substituents is 1. The van der Waals surface area contributed by atoms with Crippen LogP contribution in [-0.2, 0) is 16.1 Å². The van der Waals surface area contributed by atoms with Gasteiger partial charge in [0.1, 0.15) is 6.61 Å². The molecule has 1 aliphatic rings. The van der Waals surface area contributed by atoms with Gasteiger partial charge in [-0.05, 0) is 19.9 Å². The van der Waals surface area contributed by atoms with E-state index in [0.29, 0.717) is 11.4 Å². The zero-order chi connectivity index (χ0) is 18.1. The van der Waals surface area contributed by atoms with Crippen molar-refractivity contribution in [2.24, 2.45) is 0 Å². The van der Waals surface area contributed by atoms with Crippen molar-refractivity contribution >= 4 is 17.6 Å². The lowest BCUT2D eigenvalue weighted by Gasteiger charge is -2.14. The third-order valence-electron chi connectivity index (χ3n) is 3.85. The number of nitro groups is 1. The number of nitrogens with zero attached hydrogens (tertiary/aromatic N) is 2. The van der Waals surface area contributed by atoms with E-state index in [1.165, 1.54) is 18.2 Å². The zero-order valence-electron chi connectivity index (χ0n) is 13.6. The Morgan fingerprint density at radius 2 is 2.08 bits per heavy atom. The van der Waals surface area contributed by atoms with Crippen molar-refractivity contribution in [3.63, 3.8) is 0 Å². The van der Waals surface area contributed by atoms with Crippen LogP contribution in [-0.4, -0.2) is 28.5 Å². The van der Waals surface area contributed by atoms with E-state index in [0.717, 1.165) is 0 Å². The molecule has 2 aromatic rings. The molecule has 0 amide bonds. The number of rotatable bonds is 4. The molecule has 8 nitrogen and oxygen atoms in total. The Labute approximate surface area is 142 Å². The maximum atomic E-state index is 12.5. The number of ether oxygens (including phenoxy) is 2. The maximum Gasteiger partial charge on any atom is 0.341 e. The fourth-order valence-corrected chi connectivity index (χ4v) is 2.86. The Kier molecular flexibility index (Phi) is 4.18. The van der Waals surface area contributed by atoms with Gasteiger partial charge in [-0.15, -0.1) is 0 Å². The van der Waals surface area contributed by atoms with E-state index in [-0.39, 0.29) is 41.2 Å². The third-order valence-corrected chi connectivity index (χ3v) is 3.85. The summed E-state index contributed by atoms with van der Waals surface area (Å²) in [5, 5.41) is 11.4. The minimum Gasteiger partial charge on any atom is -0.462 e. The summed E-state index contributed by atoms with van der Waals surface area (Å²) in [5.74, 6) is -1.36. The molecule has 25 heavy (non-hydrogen) atoms. The molecule has 0 bridgehead atoms. The fourth-order valence-electron chi connectivity index (χ4n) is 2.86. The number of carbonyl (C=O) groups excluding carboxylic acids is 2. The lowest BCUT2D eigenvalue weighted by Crippen LogP contribution is -2.14. The average Bonchev–Trinajstić information content (AvgIpc) is 2.94. The van der Waals surface area contributed by atoms with Crippen LogP contribution >= 0.6 is 0 Å². The van der Waals surface area contributed by atoms with Crippen LogP contribution in [0.15, 0.2) is 24.3 Å². The van der Waals surface area contributed by atoms with Crippen molar-refractivity contribution in [1.29, 1.82) is 0 Å². The SMILES string of the molecule is CCOC(=O)c1c(C)nc2c(c1-c1ccccc1[N+](=O)[O-])C(=O)OC2. The van der Waals surface area contributed by atoms with Crippen molar-refractivity contribution in [1.82, 2.24) is 4.98 Å². The summed E-state index contributed by atoms with van der Waals surface area (Å²) in [6.45, 7) is 3.32. The summed E-state index contributed by atoms with van der Waals surface area (Å²) >= 11 is 0. The number of para-hydroxylation sites is 1. The van der Waals surface area contributed by atoms with E-state index in [2.05, 4.69) is 4.98 Å². The number of pyridine rings is 1. The summed E-state index contributed by atoms with van der Waals surface area (Å²) in [7, 11) is 0. The first-order valence-electron chi connectivity index (χ1n) is 7.57. The van der Waals surface area contributed by atoms with Crippen molar-refractivity contribution < 1.29 is 24.0 Å². The highest BCUT2D eigenvalue weighted by Crippen LogP contribution is 2.39. The van der Waals surface area contributed by atoms with Crippen molar-refractivity contribution in [2.45, 2.75) is 20.5 Å². The Balaban J connectivity index is 2.41. The summed E-state index contributed by atoms with van der Waals surface area (Å²) in [6, 6.07) is 5.91. The molecule has 128 valence electrons. The lowest BCUT2D eigenvalue weighted by molar-refractivity contribution is -0.384.